The van der Waals surface area contributed by atoms with E-state index < -0.39 is 11.4 Å². The Morgan fingerprint density at radius 2 is 1.88 bits per heavy atom. The van der Waals surface area contributed by atoms with E-state index in [1.54, 1.807) is 18.3 Å². The lowest BCUT2D eigenvalue weighted by Crippen LogP contribution is -2.61. The van der Waals surface area contributed by atoms with Crippen molar-refractivity contribution in [3.63, 3.8) is 0 Å². The van der Waals surface area contributed by atoms with E-state index in [1.807, 2.05) is 29.2 Å². The summed E-state index contributed by atoms with van der Waals surface area (Å²) in [5, 5.41) is 0.0969. The molecule has 0 bridgehead atoms. The lowest BCUT2D eigenvalue weighted by molar-refractivity contribution is -0.139. The van der Waals surface area contributed by atoms with E-state index in [2.05, 4.69) is 28.6 Å². The molecule has 2 aliphatic heterocycles. The summed E-state index contributed by atoms with van der Waals surface area (Å²) in [5.41, 5.74) is 3.23. The van der Waals surface area contributed by atoms with E-state index in [0.717, 1.165) is 47.7 Å². The number of amides is 1. The number of piperazine rings is 1. The molecule has 3 aromatic rings. The number of esters is 1. The third-order valence-corrected chi connectivity index (χ3v) is 9.04. The third kappa shape index (κ3) is 4.90. The van der Waals surface area contributed by atoms with Gasteiger partial charge in [0.25, 0.3) is 5.91 Å². The molecule has 1 aliphatic carbocycles. The van der Waals surface area contributed by atoms with E-state index in [-0.39, 0.29) is 28.7 Å². The van der Waals surface area contributed by atoms with Gasteiger partial charge >= 0.3 is 5.97 Å². The van der Waals surface area contributed by atoms with Crippen LogP contribution < -0.4 is 9.80 Å². The van der Waals surface area contributed by atoms with Gasteiger partial charge in [-0.05, 0) is 68.7 Å². The highest BCUT2D eigenvalue weighted by atomic mass is 35.5. The van der Waals surface area contributed by atoms with Crippen LogP contribution in [0.1, 0.15) is 54.9 Å². The van der Waals surface area contributed by atoms with Crippen LogP contribution in [0.25, 0.3) is 0 Å². The first-order valence-corrected chi connectivity index (χ1v) is 14.3. The summed E-state index contributed by atoms with van der Waals surface area (Å²) < 4.78 is 19.0. The number of carbonyl (C=O) groups excluding carboxylic acids is 2. The molecule has 6 rings (SSSR count). The van der Waals surface area contributed by atoms with Crippen molar-refractivity contribution < 1.29 is 18.7 Å². The van der Waals surface area contributed by atoms with Crippen molar-refractivity contribution >= 4 is 40.7 Å². The van der Waals surface area contributed by atoms with Gasteiger partial charge in [0.2, 0.25) is 0 Å². The van der Waals surface area contributed by atoms with Crippen LogP contribution in [-0.2, 0) is 21.4 Å². The lowest BCUT2D eigenvalue weighted by Gasteiger charge is -2.47. The number of halogens is 2. The highest BCUT2D eigenvalue weighted by molar-refractivity contribution is 6.30. The van der Waals surface area contributed by atoms with Gasteiger partial charge in [0.1, 0.15) is 17.3 Å². The van der Waals surface area contributed by atoms with Crippen molar-refractivity contribution in [3.05, 3.63) is 76.5 Å². The van der Waals surface area contributed by atoms with Gasteiger partial charge in [0.05, 0.1) is 35.5 Å². The van der Waals surface area contributed by atoms with Crippen LogP contribution in [0, 0.1) is 5.82 Å². The fraction of sp³-hybridized carbons (Fsp3) is 0.419. The number of pyridine rings is 2. The summed E-state index contributed by atoms with van der Waals surface area (Å²) in [4.78, 5) is 41.2. The normalized spacial score (nSPS) is 18.7. The second kappa shape index (κ2) is 10.3. The highest BCUT2D eigenvalue weighted by Crippen LogP contribution is 2.53. The Bertz CT molecular complexity index is 1510. The molecule has 0 unspecified atom stereocenters. The minimum atomic E-state index is -0.469. The monoisotopic (exact) mass is 577 g/mol. The predicted octanol–water partition coefficient (Wildman–Crippen LogP) is 5.30. The maximum Gasteiger partial charge on any atom is 0.310 e. The van der Waals surface area contributed by atoms with Crippen LogP contribution >= 0.6 is 11.6 Å². The molecule has 3 aliphatic rings. The van der Waals surface area contributed by atoms with Crippen molar-refractivity contribution in [2.45, 2.75) is 50.5 Å². The molecule has 4 heterocycles. The summed E-state index contributed by atoms with van der Waals surface area (Å²) in [6.07, 6.45) is 4.97. The SMILES string of the molecule is COC(=O)Cc1ccc(N2CCN(C(=O)c3ccc4c(n3)C3(CCC3)CN4c3ccc(Cl)c(F)c3)C(C)(C)C2)nc1. The molecule has 0 atom stereocenters. The molecule has 1 saturated carbocycles. The molecule has 1 aromatic carbocycles. The van der Waals surface area contributed by atoms with E-state index in [4.69, 9.17) is 21.3 Å². The van der Waals surface area contributed by atoms with Crippen LogP contribution in [0.2, 0.25) is 5.02 Å². The summed E-state index contributed by atoms with van der Waals surface area (Å²) in [6, 6.07) is 12.4. The first-order valence-electron chi connectivity index (χ1n) is 13.9. The predicted molar refractivity (Wildman–Crippen MR) is 155 cm³/mol. The van der Waals surface area contributed by atoms with Gasteiger partial charge in [0, 0.05) is 43.5 Å². The van der Waals surface area contributed by atoms with Crippen molar-refractivity contribution in [2.24, 2.45) is 0 Å². The number of methoxy groups -OCH3 is 1. The van der Waals surface area contributed by atoms with Crippen molar-refractivity contribution in [1.29, 1.82) is 0 Å². The summed E-state index contributed by atoms with van der Waals surface area (Å²) in [7, 11) is 1.37. The highest BCUT2D eigenvalue weighted by Gasteiger charge is 2.49. The van der Waals surface area contributed by atoms with Gasteiger partial charge in [-0.1, -0.05) is 24.1 Å². The Balaban J connectivity index is 1.21. The van der Waals surface area contributed by atoms with E-state index in [0.29, 0.717) is 31.9 Å². The molecule has 2 aromatic heterocycles. The molecule has 1 amide bonds. The molecule has 0 N–H and O–H groups in total. The van der Waals surface area contributed by atoms with E-state index in [9.17, 15) is 14.0 Å². The van der Waals surface area contributed by atoms with Gasteiger partial charge in [0.15, 0.2) is 0 Å². The third-order valence-electron chi connectivity index (χ3n) is 8.73. The number of nitrogens with zero attached hydrogens (tertiary/aromatic N) is 5. The Morgan fingerprint density at radius 3 is 2.51 bits per heavy atom. The number of ether oxygens (including phenoxy) is 1. The average Bonchev–Trinajstić information content (AvgIpc) is 3.29. The molecular formula is C31H33ClFN5O3. The number of anilines is 3. The Labute approximate surface area is 244 Å². The quantitative estimate of drug-likeness (QED) is 0.381. The number of benzene rings is 1. The Morgan fingerprint density at radius 1 is 1.07 bits per heavy atom. The van der Waals surface area contributed by atoms with Gasteiger partial charge in [-0.25, -0.2) is 14.4 Å². The zero-order chi connectivity index (χ0) is 28.9. The minimum absolute atomic E-state index is 0.0932. The van der Waals surface area contributed by atoms with Gasteiger partial charge in [-0.3, -0.25) is 9.59 Å². The first kappa shape index (κ1) is 27.4. The number of fused-ring (bicyclic) bond motifs is 2. The molecule has 0 radical (unpaired) electrons. The van der Waals surface area contributed by atoms with Crippen LogP contribution in [0.15, 0.2) is 48.7 Å². The summed E-state index contributed by atoms with van der Waals surface area (Å²) >= 11 is 5.94. The van der Waals surface area contributed by atoms with Gasteiger partial charge in [-0.2, -0.15) is 0 Å². The lowest BCUT2D eigenvalue weighted by atomic mass is 9.67. The zero-order valence-corrected chi connectivity index (χ0v) is 24.2. The summed E-state index contributed by atoms with van der Waals surface area (Å²) in [6.45, 7) is 6.58. The van der Waals surface area contributed by atoms with E-state index >= 15 is 0 Å². The Hall–Kier alpha value is -3.72. The molecule has 1 saturated heterocycles. The fourth-order valence-corrected chi connectivity index (χ4v) is 6.45. The maximum absolute atomic E-state index is 14.3. The molecule has 214 valence electrons. The largest absolute Gasteiger partial charge is 0.469 e. The van der Waals surface area contributed by atoms with Crippen LogP contribution in [-0.4, -0.2) is 65.6 Å². The molecule has 1 spiro atoms. The molecule has 2 fully saturated rings. The number of rotatable bonds is 5. The smallest absolute Gasteiger partial charge is 0.310 e. The van der Waals surface area contributed by atoms with E-state index in [1.165, 1.54) is 13.2 Å². The van der Waals surface area contributed by atoms with Crippen LogP contribution in [0.4, 0.5) is 21.6 Å². The van der Waals surface area contributed by atoms with Crippen molar-refractivity contribution in [2.75, 3.05) is 43.1 Å². The number of aromatic nitrogens is 2. The molecular weight excluding hydrogens is 545 g/mol. The van der Waals surface area contributed by atoms with Gasteiger partial charge in [-0.15, -0.1) is 0 Å². The average molecular weight is 578 g/mol. The van der Waals surface area contributed by atoms with Crippen molar-refractivity contribution in [1.82, 2.24) is 14.9 Å². The summed E-state index contributed by atoms with van der Waals surface area (Å²) in [5.74, 6) is -0.0408. The van der Waals surface area contributed by atoms with Crippen LogP contribution in [0.3, 0.4) is 0 Å². The number of carbonyl (C=O) groups is 2. The van der Waals surface area contributed by atoms with Gasteiger partial charge < -0.3 is 19.4 Å². The number of hydrogen-bond acceptors (Lipinski definition) is 7. The minimum Gasteiger partial charge on any atom is -0.469 e. The maximum atomic E-state index is 14.3. The molecule has 41 heavy (non-hydrogen) atoms. The molecule has 10 heteroatoms. The standard InChI is InChI=1S/C31H33ClFN5O3/c1-30(2)18-36(26-10-5-20(17-34-26)15-27(39)41-3)13-14-38(30)29(40)24-8-9-25-28(35-24)31(11-4-12-31)19-37(25)21-6-7-22(32)23(33)16-21/h5-10,16-17H,4,11-15,18-19H2,1-3H3. The second-order valence-corrected chi connectivity index (χ2v) is 12.3. The number of hydrogen-bond donors (Lipinski definition) is 0. The molecule has 8 nitrogen and oxygen atoms in total. The Kier molecular flexibility index (Phi) is 6.88. The second-order valence-electron chi connectivity index (χ2n) is 11.9. The first-order chi connectivity index (χ1) is 19.6. The van der Waals surface area contributed by atoms with Crippen LogP contribution in [0.5, 0.6) is 0 Å². The van der Waals surface area contributed by atoms with Crippen molar-refractivity contribution in [3.8, 4) is 0 Å². The fourth-order valence-electron chi connectivity index (χ4n) is 6.34. The zero-order valence-electron chi connectivity index (χ0n) is 23.5. The topological polar surface area (TPSA) is 78.9 Å².